The zero-order valence-electron chi connectivity index (χ0n) is 14.7. The highest BCUT2D eigenvalue weighted by atomic mass is 16.3. The van der Waals surface area contributed by atoms with Gasteiger partial charge in [-0.05, 0) is 36.8 Å². The first-order valence-electron chi connectivity index (χ1n) is 8.60. The lowest BCUT2D eigenvalue weighted by Crippen LogP contribution is -2.46. The predicted molar refractivity (Wildman–Crippen MR) is 104 cm³/mol. The lowest BCUT2D eigenvalue weighted by Gasteiger charge is -2.36. The van der Waals surface area contributed by atoms with E-state index >= 15 is 0 Å². The minimum absolute atomic E-state index is 0.0388. The standard InChI is InChI=1S/C18H26N6O2/c19-7-6-16(18(21)26)17(20)22-14-2-4-15(5-3-14)24-11-9-23(10-12-24)8-1-13-25/h2-7,19,25H,1,8-13H2,(H2,20,22)(H2,21,26)/b16-6-,19-7?. The summed E-state index contributed by atoms with van der Waals surface area (Å²) in [5, 5.41) is 26.7. The van der Waals surface area contributed by atoms with E-state index in [1.165, 1.54) is 6.08 Å². The number of carbonyl (C=O) groups excluding carboxylic acids is 1. The zero-order chi connectivity index (χ0) is 18.9. The average Bonchev–Trinajstić information content (AvgIpc) is 2.65. The number of aliphatic hydroxyl groups is 1. The molecule has 0 saturated carbocycles. The summed E-state index contributed by atoms with van der Waals surface area (Å²) in [6.45, 7) is 4.98. The van der Waals surface area contributed by atoms with Crippen molar-refractivity contribution in [2.45, 2.75) is 6.42 Å². The summed E-state index contributed by atoms with van der Waals surface area (Å²) in [6.07, 6.45) is 2.94. The minimum Gasteiger partial charge on any atom is -0.396 e. The minimum atomic E-state index is -0.748. The molecule has 1 aliphatic heterocycles. The molecule has 0 radical (unpaired) electrons. The number of anilines is 2. The fourth-order valence-corrected chi connectivity index (χ4v) is 2.86. The number of nitrogens with one attached hydrogen (secondary N) is 3. The average molecular weight is 358 g/mol. The Labute approximate surface area is 153 Å². The van der Waals surface area contributed by atoms with Crippen molar-refractivity contribution >= 4 is 29.3 Å². The van der Waals surface area contributed by atoms with Crippen LogP contribution >= 0.6 is 0 Å². The lowest BCUT2D eigenvalue weighted by atomic mass is 10.2. The van der Waals surface area contributed by atoms with Gasteiger partial charge in [-0.2, -0.15) is 0 Å². The van der Waals surface area contributed by atoms with Crippen LogP contribution in [-0.4, -0.2) is 67.3 Å². The first-order valence-corrected chi connectivity index (χ1v) is 8.60. The van der Waals surface area contributed by atoms with Gasteiger partial charge in [0.2, 0.25) is 0 Å². The molecule has 1 heterocycles. The van der Waals surface area contributed by atoms with E-state index in [1.807, 2.05) is 24.3 Å². The Hall–Kier alpha value is -2.71. The maximum absolute atomic E-state index is 11.3. The number of amides is 1. The monoisotopic (exact) mass is 358 g/mol. The van der Waals surface area contributed by atoms with E-state index in [0.717, 1.165) is 51.0 Å². The number of carbonyl (C=O) groups is 1. The van der Waals surface area contributed by atoms with E-state index in [0.29, 0.717) is 5.69 Å². The number of allylic oxidation sites excluding steroid dienone is 1. The highest BCUT2D eigenvalue weighted by molar-refractivity contribution is 6.25. The van der Waals surface area contributed by atoms with Crippen LogP contribution in [0.4, 0.5) is 11.4 Å². The predicted octanol–water partition coefficient (Wildman–Crippen LogP) is 0.641. The van der Waals surface area contributed by atoms with E-state index in [-0.39, 0.29) is 18.0 Å². The quantitative estimate of drug-likeness (QED) is 0.265. The van der Waals surface area contributed by atoms with E-state index in [9.17, 15) is 4.79 Å². The molecule has 140 valence electrons. The van der Waals surface area contributed by atoms with Crippen molar-refractivity contribution in [3.05, 3.63) is 35.9 Å². The van der Waals surface area contributed by atoms with Gasteiger partial charge in [0.05, 0.1) is 5.57 Å². The SMILES string of the molecule is N=C/C=C(/C(=N)Nc1ccc(N2CCN(CCCO)CC2)cc1)C(N)=O. The number of amidine groups is 1. The molecule has 1 aromatic rings. The van der Waals surface area contributed by atoms with Crippen molar-refractivity contribution in [1.29, 1.82) is 10.8 Å². The maximum Gasteiger partial charge on any atom is 0.252 e. The molecule has 1 aliphatic rings. The van der Waals surface area contributed by atoms with Crippen molar-refractivity contribution in [2.24, 2.45) is 5.73 Å². The van der Waals surface area contributed by atoms with Crippen LogP contribution in [0.3, 0.4) is 0 Å². The van der Waals surface area contributed by atoms with E-state index in [1.54, 1.807) is 0 Å². The van der Waals surface area contributed by atoms with E-state index in [2.05, 4.69) is 15.1 Å². The Kier molecular flexibility index (Phi) is 7.31. The van der Waals surface area contributed by atoms with Crippen LogP contribution in [-0.2, 0) is 4.79 Å². The van der Waals surface area contributed by atoms with Gasteiger partial charge in [-0.15, -0.1) is 0 Å². The number of rotatable bonds is 8. The molecule has 1 amide bonds. The number of nitrogens with two attached hydrogens (primary N) is 1. The van der Waals surface area contributed by atoms with Gasteiger partial charge < -0.3 is 26.5 Å². The topological polar surface area (TPSA) is 130 Å². The summed E-state index contributed by atoms with van der Waals surface area (Å²) < 4.78 is 0. The zero-order valence-corrected chi connectivity index (χ0v) is 14.7. The van der Waals surface area contributed by atoms with Crippen molar-refractivity contribution in [2.75, 3.05) is 49.5 Å². The Morgan fingerprint density at radius 2 is 1.88 bits per heavy atom. The largest absolute Gasteiger partial charge is 0.396 e. The second kappa shape index (κ2) is 9.69. The molecule has 6 N–H and O–H groups in total. The molecule has 0 aliphatic carbocycles. The Morgan fingerprint density at radius 3 is 2.42 bits per heavy atom. The molecule has 2 rings (SSSR count). The number of aliphatic hydroxyl groups excluding tert-OH is 1. The molecule has 0 aromatic heterocycles. The summed E-state index contributed by atoms with van der Waals surface area (Å²) in [5.74, 6) is -0.882. The van der Waals surface area contributed by atoms with Crippen molar-refractivity contribution in [1.82, 2.24) is 4.90 Å². The molecule has 1 fully saturated rings. The Bertz CT molecular complexity index is 663. The first-order chi connectivity index (χ1) is 12.5. The van der Waals surface area contributed by atoms with Crippen LogP contribution in [0.2, 0.25) is 0 Å². The third-order valence-electron chi connectivity index (χ3n) is 4.29. The Balaban J connectivity index is 1.92. The number of nitrogens with zero attached hydrogens (tertiary/aromatic N) is 2. The van der Waals surface area contributed by atoms with E-state index in [4.69, 9.17) is 21.7 Å². The molecule has 0 unspecified atom stereocenters. The van der Waals surface area contributed by atoms with Gasteiger partial charge in [-0.1, -0.05) is 0 Å². The molecule has 0 atom stereocenters. The third-order valence-corrected chi connectivity index (χ3v) is 4.29. The number of primary amides is 1. The number of hydrogen-bond donors (Lipinski definition) is 5. The fourth-order valence-electron chi connectivity index (χ4n) is 2.86. The molecule has 8 nitrogen and oxygen atoms in total. The second-order valence-electron chi connectivity index (χ2n) is 6.06. The maximum atomic E-state index is 11.3. The summed E-state index contributed by atoms with van der Waals surface area (Å²) in [4.78, 5) is 16.0. The lowest BCUT2D eigenvalue weighted by molar-refractivity contribution is -0.114. The third kappa shape index (κ3) is 5.40. The number of benzene rings is 1. The summed E-state index contributed by atoms with van der Waals surface area (Å²) in [6, 6.07) is 7.66. The van der Waals surface area contributed by atoms with Gasteiger partial charge in [-0.25, -0.2) is 0 Å². The molecular weight excluding hydrogens is 332 g/mol. The highest BCUT2D eigenvalue weighted by Crippen LogP contribution is 2.20. The molecule has 26 heavy (non-hydrogen) atoms. The summed E-state index contributed by atoms with van der Waals surface area (Å²) >= 11 is 0. The smallest absolute Gasteiger partial charge is 0.252 e. The van der Waals surface area contributed by atoms with Gasteiger partial charge in [0.25, 0.3) is 5.91 Å². The second-order valence-corrected chi connectivity index (χ2v) is 6.06. The van der Waals surface area contributed by atoms with Crippen LogP contribution in [0.25, 0.3) is 0 Å². The van der Waals surface area contributed by atoms with Crippen molar-refractivity contribution in [3.63, 3.8) is 0 Å². The molecule has 1 saturated heterocycles. The summed E-state index contributed by atoms with van der Waals surface area (Å²) in [5.41, 5.74) is 6.97. The number of hydrogen-bond acceptors (Lipinski definition) is 6. The first kappa shape index (κ1) is 19.6. The number of piperazine rings is 1. The summed E-state index contributed by atoms with van der Waals surface area (Å²) in [7, 11) is 0. The van der Waals surface area contributed by atoms with Gasteiger partial charge in [-0.3, -0.25) is 15.1 Å². The van der Waals surface area contributed by atoms with Gasteiger partial charge in [0, 0.05) is 56.9 Å². The molecule has 1 aromatic carbocycles. The van der Waals surface area contributed by atoms with Crippen LogP contribution in [0.15, 0.2) is 35.9 Å². The fraction of sp³-hybridized carbons (Fsp3) is 0.389. The Morgan fingerprint density at radius 1 is 1.23 bits per heavy atom. The van der Waals surface area contributed by atoms with Gasteiger partial charge in [0.1, 0.15) is 5.84 Å². The van der Waals surface area contributed by atoms with Crippen LogP contribution in [0.5, 0.6) is 0 Å². The van der Waals surface area contributed by atoms with Gasteiger partial charge in [0.15, 0.2) is 0 Å². The molecule has 8 heteroatoms. The van der Waals surface area contributed by atoms with Crippen LogP contribution < -0.4 is 16.0 Å². The van der Waals surface area contributed by atoms with Gasteiger partial charge >= 0.3 is 0 Å². The normalized spacial score (nSPS) is 15.6. The van der Waals surface area contributed by atoms with Crippen molar-refractivity contribution in [3.8, 4) is 0 Å². The van der Waals surface area contributed by atoms with Crippen molar-refractivity contribution < 1.29 is 9.90 Å². The van der Waals surface area contributed by atoms with E-state index < -0.39 is 5.91 Å². The molecule has 0 spiro atoms. The molecular formula is C18H26N6O2. The molecule has 0 bridgehead atoms. The van der Waals surface area contributed by atoms with Crippen LogP contribution in [0.1, 0.15) is 6.42 Å². The van der Waals surface area contributed by atoms with Crippen LogP contribution in [0, 0.1) is 10.8 Å². The highest BCUT2D eigenvalue weighted by Gasteiger charge is 2.17.